The van der Waals surface area contributed by atoms with Crippen molar-refractivity contribution >= 4 is 20.0 Å². The summed E-state index contributed by atoms with van der Waals surface area (Å²) in [5, 5.41) is 32.1. The third-order valence-corrected chi connectivity index (χ3v) is 5.54. The maximum Gasteiger partial charge on any atom is 0.412 e. The van der Waals surface area contributed by atoms with Gasteiger partial charge in [0.2, 0.25) is 0 Å². The predicted octanol–water partition coefficient (Wildman–Crippen LogP) is 0.305. The first kappa shape index (κ1) is 27.0. The maximum atomic E-state index is 12.7. The normalized spacial score (nSPS) is 23.1. The number of carbonyl (C=O) groups is 1. The molecule has 33 heavy (non-hydrogen) atoms. The van der Waals surface area contributed by atoms with Gasteiger partial charge < -0.3 is 29.5 Å². The SMILES string of the molecule is COCC(C)(C)COC(=O)Nc1nc(=O)n([C@@H]2O[C@H](CO)[C@@H](O)[C@H]2O)cc1C#C[Si](C)(C)C. The summed E-state index contributed by atoms with van der Waals surface area (Å²) in [5.41, 5.74) is 2.08. The fourth-order valence-electron chi connectivity index (χ4n) is 3.03. The molecule has 12 heteroatoms. The molecule has 0 unspecified atom stereocenters. The number of ether oxygens (including phenoxy) is 3. The van der Waals surface area contributed by atoms with Gasteiger partial charge in [-0.05, 0) is 0 Å². The van der Waals surface area contributed by atoms with Crippen molar-refractivity contribution in [2.24, 2.45) is 5.41 Å². The van der Waals surface area contributed by atoms with Crippen molar-refractivity contribution in [3.63, 3.8) is 0 Å². The van der Waals surface area contributed by atoms with Gasteiger partial charge in [-0.1, -0.05) is 39.4 Å². The zero-order valence-electron chi connectivity index (χ0n) is 19.8. The molecule has 11 nitrogen and oxygen atoms in total. The largest absolute Gasteiger partial charge is 0.449 e. The molecule has 0 bridgehead atoms. The van der Waals surface area contributed by atoms with E-state index in [0.29, 0.717) is 6.61 Å². The number of hydrogen-bond donors (Lipinski definition) is 4. The highest BCUT2D eigenvalue weighted by Gasteiger charge is 2.44. The van der Waals surface area contributed by atoms with Gasteiger partial charge in [0.25, 0.3) is 0 Å². The van der Waals surface area contributed by atoms with Crippen LogP contribution in [0.2, 0.25) is 19.6 Å². The van der Waals surface area contributed by atoms with Crippen LogP contribution in [0.15, 0.2) is 11.0 Å². The smallest absolute Gasteiger partial charge is 0.412 e. The minimum atomic E-state index is -1.84. The third kappa shape index (κ3) is 7.36. The first-order valence-electron chi connectivity index (χ1n) is 10.5. The molecule has 1 saturated heterocycles. The Labute approximate surface area is 193 Å². The van der Waals surface area contributed by atoms with Crippen molar-refractivity contribution in [2.45, 2.75) is 58.0 Å². The van der Waals surface area contributed by atoms with Crippen LogP contribution in [-0.4, -0.2) is 84.3 Å². The lowest BCUT2D eigenvalue weighted by atomic mass is 9.96. The second-order valence-corrected chi connectivity index (χ2v) is 14.5. The van der Waals surface area contributed by atoms with E-state index in [0.717, 1.165) is 4.57 Å². The van der Waals surface area contributed by atoms with E-state index in [-0.39, 0.29) is 18.0 Å². The molecule has 0 spiro atoms. The monoisotopic (exact) mass is 483 g/mol. The molecule has 4 atom stereocenters. The lowest BCUT2D eigenvalue weighted by Crippen LogP contribution is -2.36. The summed E-state index contributed by atoms with van der Waals surface area (Å²) in [4.78, 5) is 28.9. The molecule has 0 saturated carbocycles. The van der Waals surface area contributed by atoms with Crippen molar-refractivity contribution in [2.75, 3.05) is 32.2 Å². The minimum Gasteiger partial charge on any atom is -0.449 e. The third-order valence-electron chi connectivity index (χ3n) is 4.66. The number of rotatable bonds is 7. The Morgan fingerprint density at radius 1 is 1.30 bits per heavy atom. The first-order valence-corrected chi connectivity index (χ1v) is 14.0. The molecular weight excluding hydrogens is 450 g/mol. The number of nitrogens with zero attached hydrogens (tertiary/aromatic N) is 2. The van der Waals surface area contributed by atoms with E-state index >= 15 is 0 Å². The van der Waals surface area contributed by atoms with Crippen LogP contribution in [0, 0.1) is 16.9 Å². The Hall–Kier alpha value is -2.27. The molecule has 2 rings (SSSR count). The van der Waals surface area contributed by atoms with Crippen LogP contribution in [-0.2, 0) is 14.2 Å². The van der Waals surface area contributed by atoms with Gasteiger partial charge in [0.1, 0.15) is 33.0 Å². The molecule has 1 aromatic rings. The zero-order valence-corrected chi connectivity index (χ0v) is 20.8. The lowest BCUT2D eigenvalue weighted by molar-refractivity contribution is -0.0549. The van der Waals surface area contributed by atoms with E-state index < -0.39 is 56.4 Å². The number of anilines is 1. The van der Waals surface area contributed by atoms with Gasteiger partial charge in [-0.25, -0.2) is 9.59 Å². The highest BCUT2D eigenvalue weighted by Crippen LogP contribution is 2.28. The second kappa shape index (κ2) is 10.8. The Bertz CT molecular complexity index is 963. The van der Waals surface area contributed by atoms with Gasteiger partial charge in [0.05, 0.1) is 18.8 Å². The highest BCUT2D eigenvalue weighted by atomic mass is 28.3. The number of hydrogen-bond acceptors (Lipinski definition) is 9. The Morgan fingerprint density at radius 2 is 1.97 bits per heavy atom. The van der Waals surface area contributed by atoms with Gasteiger partial charge in [-0.3, -0.25) is 9.88 Å². The summed E-state index contributed by atoms with van der Waals surface area (Å²) in [7, 11) is -0.291. The van der Waals surface area contributed by atoms with E-state index in [2.05, 4.69) is 21.8 Å². The summed E-state index contributed by atoms with van der Waals surface area (Å²) >= 11 is 0. The topological polar surface area (TPSA) is 152 Å². The van der Waals surface area contributed by atoms with E-state index in [1.165, 1.54) is 6.20 Å². The zero-order chi connectivity index (χ0) is 25.0. The number of carbonyl (C=O) groups excluding carboxylic acids is 1. The molecule has 1 fully saturated rings. The molecule has 1 amide bonds. The molecule has 1 aliphatic rings. The second-order valence-electron chi connectivity index (χ2n) is 9.72. The van der Waals surface area contributed by atoms with Crippen LogP contribution >= 0.6 is 0 Å². The van der Waals surface area contributed by atoms with Crippen LogP contribution in [0.1, 0.15) is 25.6 Å². The van der Waals surface area contributed by atoms with Gasteiger partial charge in [0, 0.05) is 18.7 Å². The number of aliphatic hydroxyl groups is 3. The van der Waals surface area contributed by atoms with Crippen LogP contribution in [0.5, 0.6) is 0 Å². The van der Waals surface area contributed by atoms with Crippen LogP contribution in [0.25, 0.3) is 0 Å². The Kier molecular flexibility index (Phi) is 8.80. The van der Waals surface area contributed by atoms with Gasteiger partial charge in [-0.15, -0.1) is 5.54 Å². The van der Waals surface area contributed by atoms with Crippen molar-refractivity contribution in [3.05, 3.63) is 22.2 Å². The molecule has 4 N–H and O–H groups in total. The van der Waals surface area contributed by atoms with Gasteiger partial charge >= 0.3 is 11.8 Å². The minimum absolute atomic E-state index is 0.0716. The highest BCUT2D eigenvalue weighted by molar-refractivity contribution is 6.83. The van der Waals surface area contributed by atoms with E-state index in [1.54, 1.807) is 7.11 Å². The fourth-order valence-corrected chi connectivity index (χ4v) is 3.54. The fraction of sp³-hybridized carbons (Fsp3) is 0.667. The summed E-state index contributed by atoms with van der Waals surface area (Å²) < 4.78 is 16.8. The molecule has 0 radical (unpaired) electrons. The molecule has 0 aliphatic carbocycles. The van der Waals surface area contributed by atoms with E-state index in [1.807, 2.05) is 33.5 Å². The summed E-state index contributed by atoms with van der Waals surface area (Å²) in [5.74, 6) is 2.85. The molecular formula is C21H33N3O8Si. The standard InChI is InChI=1S/C21H33N3O8Si/c1-21(2,11-30-3)12-31-20(29)23-17-13(7-8-33(4,5)6)9-24(19(28)22-17)18-16(27)15(26)14(10-25)32-18/h9,14-16,18,25-27H,10-12H2,1-6H3,(H,22,23,28,29)/t14-,15-,16-,18-/m1/s1. The average molecular weight is 484 g/mol. The predicted molar refractivity (Wildman–Crippen MR) is 122 cm³/mol. The number of methoxy groups -OCH3 is 1. The van der Waals surface area contributed by atoms with Gasteiger partial charge in [-0.2, -0.15) is 4.98 Å². The summed E-state index contributed by atoms with van der Waals surface area (Å²) in [6, 6.07) is 0. The number of nitrogens with one attached hydrogen (secondary N) is 1. The first-order chi connectivity index (χ1) is 15.3. The Balaban J connectivity index is 2.37. The number of amides is 1. The van der Waals surface area contributed by atoms with E-state index in [4.69, 9.17) is 14.2 Å². The lowest BCUT2D eigenvalue weighted by Gasteiger charge is -2.23. The molecule has 1 aliphatic heterocycles. The van der Waals surface area contributed by atoms with Crippen molar-refractivity contribution in [3.8, 4) is 11.5 Å². The molecule has 1 aromatic heterocycles. The van der Waals surface area contributed by atoms with Crippen LogP contribution in [0.3, 0.4) is 0 Å². The summed E-state index contributed by atoms with van der Waals surface area (Å²) in [6.07, 6.45) is -4.70. The quantitative estimate of drug-likeness (QED) is 0.317. The van der Waals surface area contributed by atoms with E-state index in [9.17, 15) is 24.9 Å². The van der Waals surface area contributed by atoms with Crippen LogP contribution < -0.4 is 11.0 Å². The van der Waals surface area contributed by atoms with Crippen molar-refractivity contribution in [1.82, 2.24) is 9.55 Å². The number of aliphatic hydroxyl groups excluding tert-OH is 3. The molecule has 2 heterocycles. The van der Waals surface area contributed by atoms with Crippen molar-refractivity contribution in [1.29, 1.82) is 0 Å². The maximum absolute atomic E-state index is 12.7. The Morgan fingerprint density at radius 3 is 2.52 bits per heavy atom. The summed E-state index contributed by atoms with van der Waals surface area (Å²) in [6.45, 7) is 9.72. The number of aromatic nitrogens is 2. The average Bonchev–Trinajstić information content (AvgIpc) is 2.99. The molecule has 0 aromatic carbocycles. The van der Waals surface area contributed by atoms with Gasteiger partial charge in [0.15, 0.2) is 12.0 Å². The molecule has 184 valence electrons. The van der Waals surface area contributed by atoms with Crippen molar-refractivity contribution < 1.29 is 34.3 Å². The van der Waals surface area contributed by atoms with Crippen LogP contribution in [0.4, 0.5) is 10.6 Å².